The number of hydrogen-bond donors (Lipinski definition) is 7. The lowest BCUT2D eigenvalue weighted by Gasteiger charge is -2.38. The van der Waals surface area contributed by atoms with Crippen LogP contribution in [0.3, 0.4) is 0 Å². The van der Waals surface area contributed by atoms with E-state index in [4.69, 9.17) is 32.9 Å². The van der Waals surface area contributed by atoms with Gasteiger partial charge in [0.25, 0.3) is 0 Å². The van der Waals surface area contributed by atoms with Gasteiger partial charge in [-0.2, -0.15) is 0 Å². The first-order valence-electron chi connectivity index (χ1n) is 6.49. The molecule has 0 amide bonds. The van der Waals surface area contributed by atoms with E-state index >= 15 is 0 Å². The number of halogens is 1. The molecule has 22 heavy (non-hydrogen) atoms. The van der Waals surface area contributed by atoms with Crippen molar-refractivity contribution < 1.29 is 25.2 Å². The van der Waals surface area contributed by atoms with Crippen molar-refractivity contribution in [3.63, 3.8) is 0 Å². The summed E-state index contributed by atoms with van der Waals surface area (Å²) in [7, 11) is 0. The van der Waals surface area contributed by atoms with E-state index in [2.05, 4.69) is 15.3 Å². The fourth-order valence-corrected chi connectivity index (χ4v) is 2.95. The van der Waals surface area contributed by atoms with Crippen molar-refractivity contribution in [3.05, 3.63) is 0 Å². The molecule has 1 saturated heterocycles. The number of amidine groups is 1. The third kappa shape index (κ3) is 2.40. The Balaban J connectivity index is 1.91. The van der Waals surface area contributed by atoms with Gasteiger partial charge in [-0.3, -0.25) is 16.5 Å². The fraction of sp³-hybridized carbons (Fsp3) is 0.800. The quantitative estimate of drug-likeness (QED) is 0.148. The summed E-state index contributed by atoms with van der Waals surface area (Å²) in [5, 5.41) is 39.3. The van der Waals surface area contributed by atoms with E-state index in [0.29, 0.717) is 0 Å². The third-order valence-corrected chi connectivity index (χ3v) is 3.93. The predicted octanol–water partition coefficient (Wildman–Crippen LogP) is -4.45. The highest BCUT2D eigenvalue weighted by Crippen LogP contribution is 2.30. The Hall–Kier alpha value is -0.890. The topological polar surface area (TPSA) is 182 Å². The summed E-state index contributed by atoms with van der Waals surface area (Å²) >= 11 is 5.90. The number of hydrogen-bond acceptors (Lipinski definition) is 11. The van der Waals surface area contributed by atoms with Crippen LogP contribution in [0.25, 0.3) is 0 Å². The molecule has 0 bridgehead atoms. The predicted molar refractivity (Wildman–Crippen MR) is 74.4 cm³/mol. The van der Waals surface area contributed by atoms with Crippen LogP contribution in [0.15, 0.2) is 9.98 Å². The molecule has 5 atom stereocenters. The zero-order valence-corrected chi connectivity index (χ0v) is 12.1. The zero-order valence-electron chi connectivity index (χ0n) is 11.3. The van der Waals surface area contributed by atoms with E-state index in [-0.39, 0.29) is 18.2 Å². The number of ether oxygens (including phenoxy) is 1. The van der Waals surface area contributed by atoms with Gasteiger partial charge in [0, 0.05) is 0 Å². The lowest BCUT2D eigenvalue weighted by atomic mass is 10.1. The molecule has 124 valence electrons. The summed E-state index contributed by atoms with van der Waals surface area (Å²) in [5.74, 6) is -1.82. The number of aliphatic hydroxyl groups excluding tert-OH is 3. The molecule has 0 spiro atoms. The minimum absolute atomic E-state index is 0.0292. The maximum Gasteiger partial charge on any atom is 0.245 e. The molecule has 11 nitrogen and oxygen atoms in total. The number of rotatable bonds is 2. The molecule has 0 aliphatic carbocycles. The minimum atomic E-state index is -2.13. The van der Waals surface area contributed by atoms with Crippen molar-refractivity contribution in [2.24, 2.45) is 21.5 Å². The molecule has 9 N–H and O–H groups in total. The number of nitrogens with two attached hydrogens (primary N) is 2. The second-order valence-corrected chi connectivity index (χ2v) is 5.90. The Morgan fingerprint density at radius 3 is 2.68 bits per heavy atom. The second kappa shape index (κ2) is 5.06. The maximum atomic E-state index is 10.1. The van der Waals surface area contributed by atoms with Crippen LogP contribution in [0.2, 0.25) is 0 Å². The summed E-state index contributed by atoms with van der Waals surface area (Å²) in [5.41, 5.74) is 11.3. The molecule has 0 aromatic carbocycles. The van der Waals surface area contributed by atoms with Crippen LogP contribution < -0.4 is 16.8 Å². The molecular weight excluding hydrogens is 320 g/mol. The van der Waals surface area contributed by atoms with E-state index in [9.17, 15) is 15.3 Å². The first kappa shape index (κ1) is 16.0. The number of alkyl halides is 1. The largest absolute Gasteiger partial charge is 0.394 e. The molecular formula is C10H17ClN6O5. The SMILES string of the molecule is NC1(N)N=C2C(=NCN2[C@@H]2O[C@H](CO)[C@@H](O)[C@H]2O)C(O)(Cl)N1. The molecule has 0 aromatic heterocycles. The Bertz CT molecular complexity index is 540. The van der Waals surface area contributed by atoms with Gasteiger partial charge in [-0.1, -0.05) is 11.6 Å². The molecule has 1 fully saturated rings. The maximum absolute atomic E-state index is 10.1. The Labute approximate surface area is 129 Å². The average Bonchev–Trinajstić information content (AvgIpc) is 2.91. The van der Waals surface area contributed by atoms with Crippen molar-refractivity contribution in [2.45, 2.75) is 35.6 Å². The summed E-state index contributed by atoms with van der Waals surface area (Å²) in [4.78, 5) is 9.37. The number of aliphatic hydroxyl groups is 4. The van der Waals surface area contributed by atoms with Crippen LogP contribution in [0.1, 0.15) is 0 Å². The smallest absolute Gasteiger partial charge is 0.245 e. The van der Waals surface area contributed by atoms with Crippen LogP contribution in [0.4, 0.5) is 0 Å². The number of nitrogens with zero attached hydrogens (tertiary/aromatic N) is 3. The summed E-state index contributed by atoms with van der Waals surface area (Å²) < 4.78 is 5.40. The number of aliphatic imine (C=N–C) groups is 2. The van der Waals surface area contributed by atoms with Crippen molar-refractivity contribution in [1.29, 1.82) is 0 Å². The first-order valence-corrected chi connectivity index (χ1v) is 6.87. The van der Waals surface area contributed by atoms with Crippen LogP contribution in [0.5, 0.6) is 0 Å². The zero-order chi connectivity index (χ0) is 16.3. The van der Waals surface area contributed by atoms with E-state index in [1.807, 2.05) is 0 Å². The van der Waals surface area contributed by atoms with Crippen LogP contribution >= 0.6 is 11.6 Å². The third-order valence-electron chi connectivity index (χ3n) is 3.66. The Morgan fingerprint density at radius 1 is 1.41 bits per heavy atom. The monoisotopic (exact) mass is 336 g/mol. The van der Waals surface area contributed by atoms with Gasteiger partial charge < -0.3 is 30.1 Å². The molecule has 3 heterocycles. The van der Waals surface area contributed by atoms with Crippen molar-refractivity contribution in [3.8, 4) is 0 Å². The number of fused-ring (bicyclic) bond motifs is 1. The highest BCUT2D eigenvalue weighted by molar-refractivity contribution is 6.55. The average molecular weight is 337 g/mol. The highest BCUT2D eigenvalue weighted by atomic mass is 35.5. The fourth-order valence-electron chi connectivity index (χ4n) is 2.66. The Kier molecular flexibility index (Phi) is 3.67. The Morgan fingerprint density at radius 2 is 2.09 bits per heavy atom. The molecule has 0 aromatic rings. The van der Waals surface area contributed by atoms with Gasteiger partial charge in [-0.05, 0) is 0 Å². The summed E-state index contributed by atoms with van der Waals surface area (Å²) in [6, 6.07) is 0. The highest BCUT2D eigenvalue weighted by Gasteiger charge is 2.53. The van der Waals surface area contributed by atoms with Gasteiger partial charge in [0.05, 0.1) is 6.61 Å². The van der Waals surface area contributed by atoms with Gasteiger partial charge in [-0.15, -0.1) is 0 Å². The standard InChI is InChI=1S/C10H17ClN6O5/c11-9(21)6-7(15-10(12,13)16-9)17(2-14-6)8-5(20)4(19)3(1-18)22-8/h3-5,8,16,18-21H,1-2,12-13H2/t3-,4-,5-,8-,9?/m1/s1. The molecule has 12 heteroatoms. The first-order chi connectivity index (χ1) is 10.2. The van der Waals surface area contributed by atoms with Crippen LogP contribution in [0, 0.1) is 0 Å². The van der Waals surface area contributed by atoms with Gasteiger partial charge >= 0.3 is 0 Å². The second-order valence-electron chi connectivity index (χ2n) is 5.35. The van der Waals surface area contributed by atoms with Crippen molar-refractivity contribution >= 4 is 23.1 Å². The van der Waals surface area contributed by atoms with E-state index in [1.165, 1.54) is 4.90 Å². The van der Waals surface area contributed by atoms with Crippen LogP contribution in [-0.2, 0) is 4.74 Å². The van der Waals surface area contributed by atoms with E-state index in [1.54, 1.807) is 0 Å². The minimum Gasteiger partial charge on any atom is -0.394 e. The molecule has 0 radical (unpaired) electrons. The van der Waals surface area contributed by atoms with Crippen molar-refractivity contribution in [2.75, 3.05) is 13.3 Å². The van der Waals surface area contributed by atoms with Gasteiger partial charge in [0.1, 0.15) is 30.7 Å². The van der Waals surface area contributed by atoms with Crippen molar-refractivity contribution in [1.82, 2.24) is 10.2 Å². The molecule has 3 rings (SSSR count). The lowest BCUT2D eigenvalue weighted by molar-refractivity contribution is -0.0693. The summed E-state index contributed by atoms with van der Waals surface area (Å²) in [6.45, 7) is -0.519. The molecule has 1 unspecified atom stereocenters. The van der Waals surface area contributed by atoms with Gasteiger partial charge in [0.15, 0.2) is 12.1 Å². The van der Waals surface area contributed by atoms with Gasteiger partial charge in [-0.25, -0.2) is 10.3 Å². The van der Waals surface area contributed by atoms with E-state index in [0.717, 1.165) is 0 Å². The molecule has 3 aliphatic rings. The summed E-state index contributed by atoms with van der Waals surface area (Å²) in [6.07, 6.45) is -4.61. The van der Waals surface area contributed by atoms with Gasteiger partial charge in [0.2, 0.25) is 11.1 Å². The lowest BCUT2D eigenvalue weighted by Crippen LogP contribution is -2.73. The molecule has 3 aliphatic heterocycles. The molecule has 0 saturated carbocycles. The van der Waals surface area contributed by atoms with E-state index < -0.39 is 42.2 Å². The normalized spacial score (nSPS) is 43.9. The number of nitrogens with one attached hydrogen (secondary N) is 1. The van der Waals surface area contributed by atoms with Crippen LogP contribution in [-0.4, -0.2) is 85.8 Å².